The van der Waals surface area contributed by atoms with Crippen molar-refractivity contribution in [3.05, 3.63) is 22.3 Å². The number of halogens is 3. The molecule has 0 aliphatic rings. The van der Waals surface area contributed by atoms with Crippen LogP contribution in [0.25, 0.3) is 22.6 Å². The highest BCUT2D eigenvalue weighted by molar-refractivity contribution is 7.09. The number of alkyl halides is 3. The maximum absolute atomic E-state index is 12.5. The zero-order chi connectivity index (χ0) is 15.2. The van der Waals surface area contributed by atoms with E-state index in [9.17, 15) is 13.2 Å². The Bertz CT molecular complexity index is 793. The molecule has 21 heavy (non-hydrogen) atoms. The van der Waals surface area contributed by atoms with Gasteiger partial charge in [-0.25, -0.2) is 9.97 Å². The third-order valence-electron chi connectivity index (χ3n) is 2.75. The van der Waals surface area contributed by atoms with E-state index in [1.165, 1.54) is 11.3 Å². The molecule has 0 radical (unpaired) electrons. The molecule has 0 spiro atoms. The number of rotatable bonds is 2. The van der Waals surface area contributed by atoms with Gasteiger partial charge in [-0.05, 0) is 5.92 Å². The van der Waals surface area contributed by atoms with Crippen LogP contribution < -0.4 is 0 Å². The summed E-state index contributed by atoms with van der Waals surface area (Å²) < 4.78 is 42.4. The van der Waals surface area contributed by atoms with Crippen LogP contribution in [0.5, 0.6) is 0 Å². The maximum Gasteiger partial charge on any atom is 0.470 e. The van der Waals surface area contributed by atoms with Crippen LogP contribution in [-0.2, 0) is 6.18 Å². The molecule has 0 N–H and O–H groups in total. The van der Waals surface area contributed by atoms with Gasteiger partial charge in [-0.1, -0.05) is 13.8 Å². The van der Waals surface area contributed by atoms with Crippen LogP contribution in [0.3, 0.4) is 0 Å². The van der Waals surface area contributed by atoms with Gasteiger partial charge >= 0.3 is 12.1 Å². The van der Waals surface area contributed by atoms with Crippen molar-refractivity contribution in [1.29, 1.82) is 0 Å². The van der Waals surface area contributed by atoms with E-state index in [0.717, 1.165) is 0 Å². The van der Waals surface area contributed by atoms with Crippen LogP contribution in [0.2, 0.25) is 0 Å². The van der Waals surface area contributed by atoms with Crippen LogP contribution in [0.15, 0.2) is 15.2 Å². The smallest absolute Gasteiger partial charge is 0.411 e. The van der Waals surface area contributed by atoms with E-state index >= 15 is 0 Å². The van der Waals surface area contributed by atoms with Gasteiger partial charge in [0.15, 0.2) is 0 Å². The van der Waals surface area contributed by atoms with Gasteiger partial charge in [-0.2, -0.15) is 13.2 Å². The normalized spacial score (nSPS) is 12.5. The van der Waals surface area contributed by atoms with E-state index in [4.69, 9.17) is 4.42 Å². The van der Waals surface area contributed by atoms with Crippen LogP contribution in [0.4, 0.5) is 13.2 Å². The first-order valence-corrected chi connectivity index (χ1v) is 6.95. The first kappa shape index (κ1) is 13.9. The summed E-state index contributed by atoms with van der Waals surface area (Å²) >= 11 is 1.42. The first-order valence-electron chi connectivity index (χ1n) is 6.01. The lowest BCUT2D eigenvalue weighted by Crippen LogP contribution is -2.04. The summed E-state index contributed by atoms with van der Waals surface area (Å²) in [7, 11) is 0. The van der Waals surface area contributed by atoms with Crippen LogP contribution in [-0.4, -0.2) is 20.2 Å². The third kappa shape index (κ3) is 2.48. The van der Waals surface area contributed by atoms with Crippen molar-refractivity contribution in [3.8, 4) is 11.6 Å². The molecule has 0 saturated heterocycles. The third-order valence-corrected chi connectivity index (χ3v) is 3.47. The number of hydrogen-bond acceptors (Lipinski definition) is 6. The fourth-order valence-electron chi connectivity index (χ4n) is 1.80. The minimum Gasteiger partial charge on any atom is -0.411 e. The molecule has 3 aromatic heterocycles. The number of hydrogen-bond donors (Lipinski definition) is 0. The van der Waals surface area contributed by atoms with Crippen molar-refractivity contribution < 1.29 is 17.6 Å². The monoisotopic (exact) mass is 314 g/mol. The zero-order valence-corrected chi connectivity index (χ0v) is 11.8. The molecule has 3 heterocycles. The summed E-state index contributed by atoms with van der Waals surface area (Å²) in [6.07, 6.45) is -4.68. The molecule has 0 aromatic carbocycles. The van der Waals surface area contributed by atoms with E-state index in [-0.39, 0.29) is 17.5 Å². The van der Waals surface area contributed by atoms with Gasteiger partial charge in [0, 0.05) is 10.8 Å². The van der Waals surface area contributed by atoms with Crippen molar-refractivity contribution in [1.82, 2.24) is 20.2 Å². The molecule has 0 saturated carbocycles. The lowest BCUT2D eigenvalue weighted by molar-refractivity contribution is -0.156. The molecule has 0 fully saturated rings. The summed E-state index contributed by atoms with van der Waals surface area (Å²) in [4.78, 5) is 8.73. The van der Waals surface area contributed by atoms with E-state index < -0.39 is 12.1 Å². The average Bonchev–Trinajstić information content (AvgIpc) is 3.05. The Kier molecular flexibility index (Phi) is 3.16. The van der Waals surface area contributed by atoms with Gasteiger partial charge in [-0.15, -0.1) is 21.5 Å². The standard InChI is InChI=1S/C12H9F3N4OS/c1-5(2)8-9(17-7-4-21-3-6(7)16-8)10-18-19-11(20-10)12(13,14)15/h3-5H,1-2H3. The Hall–Kier alpha value is -2.03. The zero-order valence-electron chi connectivity index (χ0n) is 11.0. The maximum atomic E-state index is 12.5. The second-order valence-electron chi connectivity index (χ2n) is 4.66. The molecule has 9 heteroatoms. The average molecular weight is 314 g/mol. The predicted molar refractivity (Wildman–Crippen MR) is 69.8 cm³/mol. The quantitative estimate of drug-likeness (QED) is 0.718. The molecule has 0 unspecified atom stereocenters. The van der Waals surface area contributed by atoms with Crippen molar-refractivity contribution in [2.75, 3.05) is 0 Å². The topological polar surface area (TPSA) is 64.7 Å². The molecule has 110 valence electrons. The van der Waals surface area contributed by atoms with E-state index in [1.807, 2.05) is 19.2 Å². The molecule has 0 aliphatic carbocycles. The highest BCUT2D eigenvalue weighted by atomic mass is 32.1. The molecule has 0 amide bonds. The SMILES string of the molecule is CC(C)c1nc2cscc2nc1-c1nnc(C(F)(F)F)o1. The molecule has 0 aliphatic heterocycles. The second-order valence-corrected chi connectivity index (χ2v) is 5.41. The van der Waals surface area contributed by atoms with Gasteiger partial charge in [0.05, 0.1) is 11.2 Å². The Morgan fingerprint density at radius 2 is 1.76 bits per heavy atom. The Morgan fingerprint density at radius 1 is 1.10 bits per heavy atom. The fourth-order valence-corrected chi connectivity index (χ4v) is 2.48. The van der Waals surface area contributed by atoms with E-state index in [2.05, 4.69) is 20.2 Å². The van der Waals surface area contributed by atoms with Gasteiger partial charge in [0.2, 0.25) is 0 Å². The molecular weight excluding hydrogens is 305 g/mol. The van der Waals surface area contributed by atoms with Gasteiger partial charge in [-0.3, -0.25) is 0 Å². The number of aromatic nitrogens is 4. The minimum absolute atomic E-state index is 0.0435. The summed E-state index contributed by atoms with van der Waals surface area (Å²) in [5.74, 6) is -1.70. The van der Waals surface area contributed by atoms with Crippen LogP contribution in [0, 0.1) is 0 Å². The van der Waals surface area contributed by atoms with Gasteiger partial charge in [0.25, 0.3) is 5.89 Å². The van der Waals surface area contributed by atoms with Gasteiger partial charge < -0.3 is 4.42 Å². The first-order chi connectivity index (χ1) is 9.86. The Labute approximate surface area is 120 Å². The lowest BCUT2D eigenvalue weighted by atomic mass is 10.1. The summed E-state index contributed by atoms with van der Waals surface area (Å²) in [5.41, 5.74) is 2.01. The van der Waals surface area contributed by atoms with Crippen molar-refractivity contribution in [2.45, 2.75) is 25.9 Å². The van der Waals surface area contributed by atoms with E-state index in [1.54, 1.807) is 5.38 Å². The summed E-state index contributed by atoms with van der Waals surface area (Å²) in [6, 6.07) is 0. The lowest BCUT2D eigenvalue weighted by Gasteiger charge is -2.08. The second kappa shape index (κ2) is 4.76. The summed E-state index contributed by atoms with van der Waals surface area (Å²) in [5, 5.41) is 10.1. The van der Waals surface area contributed by atoms with Crippen molar-refractivity contribution in [3.63, 3.8) is 0 Å². The van der Waals surface area contributed by atoms with Crippen LogP contribution >= 0.6 is 11.3 Å². The Morgan fingerprint density at radius 3 is 2.33 bits per heavy atom. The fraction of sp³-hybridized carbons (Fsp3) is 0.333. The minimum atomic E-state index is -4.68. The molecule has 0 bridgehead atoms. The van der Waals surface area contributed by atoms with Crippen molar-refractivity contribution >= 4 is 22.4 Å². The molecular formula is C12H9F3N4OS. The molecule has 0 atom stereocenters. The predicted octanol–water partition coefficient (Wildman–Crippen LogP) is 3.88. The van der Waals surface area contributed by atoms with Gasteiger partial charge in [0.1, 0.15) is 11.2 Å². The largest absolute Gasteiger partial charge is 0.470 e. The van der Waals surface area contributed by atoms with Crippen molar-refractivity contribution in [2.24, 2.45) is 0 Å². The highest BCUT2D eigenvalue weighted by Gasteiger charge is 2.38. The number of nitrogens with zero attached hydrogens (tertiary/aromatic N) is 4. The number of thiophene rings is 1. The highest BCUT2D eigenvalue weighted by Crippen LogP contribution is 2.33. The van der Waals surface area contributed by atoms with E-state index in [0.29, 0.717) is 16.7 Å². The number of fused-ring (bicyclic) bond motifs is 1. The molecule has 3 rings (SSSR count). The molecule has 3 aromatic rings. The summed E-state index contributed by atoms with van der Waals surface area (Å²) in [6.45, 7) is 3.74. The Balaban J connectivity index is 2.18. The molecule has 5 nitrogen and oxygen atoms in total. The van der Waals surface area contributed by atoms with Crippen LogP contribution in [0.1, 0.15) is 31.4 Å².